The zero-order valence-corrected chi connectivity index (χ0v) is 10.3. The third-order valence-electron chi connectivity index (χ3n) is 2.29. The standard InChI is InChI=1S/C10H16N4OS/c1-3-14-7-5-12-9(10(14)15)13(2)6-4-8(11)16/h5,7H,3-4,6H2,1-2H3,(H2,11,16). The van der Waals surface area contributed by atoms with Crippen LogP contribution in [0.25, 0.3) is 0 Å². The maximum atomic E-state index is 11.9. The summed E-state index contributed by atoms with van der Waals surface area (Å²) in [6.45, 7) is 3.16. The van der Waals surface area contributed by atoms with E-state index in [1.807, 2.05) is 14.0 Å². The van der Waals surface area contributed by atoms with Crippen LogP contribution in [0.1, 0.15) is 13.3 Å². The van der Waals surface area contributed by atoms with Crippen LogP contribution in [0.2, 0.25) is 0 Å². The molecule has 0 unspecified atom stereocenters. The minimum atomic E-state index is -0.0876. The van der Waals surface area contributed by atoms with Crippen molar-refractivity contribution in [2.24, 2.45) is 5.73 Å². The third kappa shape index (κ3) is 3.03. The first kappa shape index (κ1) is 12.6. The van der Waals surface area contributed by atoms with Crippen molar-refractivity contribution in [3.63, 3.8) is 0 Å². The van der Waals surface area contributed by atoms with Crippen LogP contribution in [0, 0.1) is 0 Å². The first-order valence-electron chi connectivity index (χ1n) is 5.11. The number of nitrogens with two attached hydrogens (primary N) is 1. The van der Waals surface area contributed by atoms with E-state index < -0.39 is 0 Å². The van der Waals surface area contributed by atoms with Gasteiger partial charge in [0.2, 0.25) is 0 Å². The largest absolute Gasteiger partial charge is 0.393 e. The van der Waals surface area contributed by atoms with Gasteiger partial charge < -0.3 is 15.2 Å². The number of rotatable bonds is 5. The Bertz CT molecular complexity index is 429. The van der Waals surface area contributed by atoms with Gasteiger partial charge in [0.1, 0.15) is 0 Å². The predicted octanol–water partition coefficient (Wildman–Crippen LogP) is 0.376. The Hall–Kier alpha value is -1.43. The van der Waals surface area contributed by atoms with Crippen molar-refractivity contribution in [2.75, 3.05) is 18.5 Å². The monoisotopic (exact) mass is 240 g/mol. The van der Waals surface area contributed by atoms with Crippen LogP contribution in [0.3, 0.4) is 0 Å². The van der Waals surface area contributed by atoms with Crippen molar-refractivity contribution in [1.29, 1.82) is 0 Å². The molecule has 0 saturated heterocycles. The highest BCUT2D eigenvalue weighted by atomic mass is 32.1. The first-order chi connectivity index (χ1) is 7.56. The van der Waals surface area contributed by atoms with Gasteiger partial charge in [-0.25, -0.2) is 4.98 Å². The van der Waals surface area contributed by atoms with Crippen LogP contribution < -0.4 is 16.2 Å². The van der Waals surface area contributed by atoms with Crippen LogP contribution in [0.15, 0.2) is 17.2 Å². The Morgan fingerprint density at radius 2 is 2.38 bits per heavy atom. The fraction of sp³-hybridized carbons (Fsp3) is 0.500. The van der Waals surface area contributed by atoms with Gasteiger partial charge in [-0.2, -0.15) is 0 Å². The Morgan fingerprint density at radius 3 is 2.94 bits per heavy atom. The maximum Gasteiger partial charge on any atom is 0.293 e. The smallest absolute Gasteiger partial charge is 0.293 e. The molecule has 0 aromatic carbocycles. The zero-order valence-electron chi connectivity index (χ0n) is 9.51. The summed E-state index contributed by atoms with van der Waals surface area (Å²) in [5, 5.41) is 0. The van der Waals surface area contributed by atoms with Crippen LogP contribution in [-0.4, -0.2) is 28.1 Å². The van der Waals surface area contributed by atoms with Crippen LogP contribution >= 0.6 is 12.2 Å². The highest BCUT2D eigenvalue weighted by Crippen LogP contribution is 2.01. The Balaban J connectivity index is 2.87. The van der Waals surface area contributed by atoms with Gasteiger partial charge in [0.25, 0.3) is 5.56 Å². The lowest BCUT2D eigenvalue weighted by Gasteiger charge is -2.17. The van der Waals surface area contributed by atoms with E-state index in [0.29, 0.717) is 30.3 Å². The number of hydrogen-bond acceptors (Lipinski definition) is 4. The summed E-state index contributed by atoms with van der Waals surface area (Å²) in [5.41, 5.74) is 5.33. The molecule has 1 rings (SSSR count). The maximum absolute atomic E-state index is 11.9. The number of hydrogen-bond donors (Lipinski definition) is 1. The molecule has 0 saturated carbocycles. The lowest BCUT2D eigenvalue weighted by atomic mass is 10.4. The summed E-state index contributed by atoms with van der Waals surface area (Å²) in [6.07, 6.45) is 3.87. The van der Waals surface area contributed by atoms with E-state index >= 15 is 0 Å². The van der Waals surface area contributed by atoms with Gasteiger partial charge in [-0.1, -0.05) is 12.2 Å². The van der Waals surface area contributed by atoms with Crippen molar-refractivity contribution in [2.45, 2.75) is 19.9 Å². The van der Waals surface area contributed by atoms with E-state index in [-0.39, 0.29) is 5.56 Å². The highest BCUT2D eigenvalue weighted by molar-refractivity contribution is 7.80. The minimum Gasteiger partial charge on any atom is -0.393 e. The molecule has 2 N–H and O–H groups in total. The molecule has 0 aliphatic rings. The zero-order chi connectivity index (χ0) is 12.1. The lowest BCUT2D eigenvalue weighted by Crippen LogP contribution is -2.32. The molecule has 5 nitrogen and oxygen atoms in total. The van der Waals surface area contributed by atoms with Gasteiger partial charge in [-0.05, 0) is 6.92 Å². The van der Waals surface area contributed by atoms with Gasteiger partial charge in [-0.3, -0.25) is 4.79 Å². The van der Waals surface area contributed by atoms with E-state index in [2.05, 4.69) is 4.98 Å². The summed E-state index contributed by atoms with van der Waals surface area (Å²) >= 11 is 4.79. The average Bonchev–Trinajstić information content (AvgIpc) is 2.26. The number of aryl methyl sites for hydroxylation is 1. The van der Waals surface area contributed by atoms with Crippen molar-refractivity contribution in [3.05, 3.63) is 22.7 Å². The van der Waals surface area contributed by atoms with Crippen molar-refractivity contribution < 1.29 is 0 Å². The fourth-order valence-electron chi connectivity index (χ4n) is 1.33. The van der Waals surface area contributed by atoms with E-state index in [9.17, 15) is 4.79 Å². The highest BCUT2D eigenvalue weighted by Gasteiger charge is 2.09. The van der Waals surface area contributed by atoms with Crippen molar-refractivity contribution >= 4 is 23.0 Å². The van der Waals surface area contributed by atoms with E-state index in [4.69, 9.17) is 18.0 Å². The third-order valence-corrected chi connectivity index (χ3v) is 2.50. The van der Waals surface area contributed by atoms with E-state index in [0.717, 1.165) is 0 Å². The predicted molar refractivity (Wildman–Crippen MR) is 68.8 cm³/mol. The molecule has 1 heterocycles. The second-order valence-corrected chi connectivity index (χ2v) is 4.00. The van der Waals surface area contributed by atoms with E-state index in [1.54, 1.807) is 21.9 Å². The second-order valence-electron chi connectivity index (χ2n) is 3.48. The minimum absolute atomic E-state index is 0.0876. The van der Waals surface area contributed by atoms with Gasteiger partial charge in [-0.15, -0.1) is 0 Å². The quantitative estimate of drug-likeness (QED) is 0.754. The molecule has 0 aliphatic carbocycles. The number of anilines is 1. The van der Waals surface area contributed by atoms with Crippen LogP contribution in [-0.2, 0) is 6.54 Å². The molecule has 0 radical (unpaired) electrons. The molecule has 0 aliphatic heterocycles. The number of nitrogens with zero attached hydrogens (tertiary/aromatic N) is 3. The Kier molecular flexibility index (Phi) is 4.42. The summed E-state index contributed by atoms with van der Waals surface area (Å²) in [7, 11) is 1.81. The van der Waals surface area contributed by atoms with Gasteiger partial charge in [0.15, 0.2) is 5.82 Å². The normalized spacial score (nSPS) is 10.1. The molecular weight excluding hydrogens is 224 g/mol. The van der Waals surface area contributed by atoms with Gasteiger partial charge in [0, 0.05) is 39.0 Å². The molecule has 88 valence electrons. The molecular formula is C10H16N4OS. The molecule has 0 spiro atoms. The van der Waals surface area contributed by atoms with Crippen molar-refractivity contribution in [3.8, 4) is 0 Å². The van der Waals surface area contributed by atoms with Crippen molar-refractivity contribution in [1.82, 2.24) is 9.55 Å². The Labute approximate surface area is 99.9 Å². The summed E-state index contributed by atoms with van der Waals surface area (Å²) in [5.74, 6) is 0.431. The van der Waals surface area contributed by atoms with Crippen LogP contribution in [0.5, 0.6) is 0 Å². The summed E-state index contributed by atoms with van der Waals surface area (Å²) < 4.78 is 1.61. The molecule has 0 atom stereocenters. The SMILES string of the molecule is CCn1ccnc(N(C)CCC(N)=S)c1=O. The fourth-order valence-corrected chi connectivity index (χ4v) is 1.42. The molecule has 1 aromatic heterocycles. The molecule has 16 heavy (non-hydrogen) atoms. The average molecular weight is 240 g/mol. The first-order valence-corrected chi connectivity index (χ1v) is 5.52. The lowest BCUT2D eigenvalue weighted by molar-refractivity contribution is 0.709. The van der Waals surface area contributed by atoms with Crippen LogP contribution in [0.4, 0.5) is 5.82 Å². The van der Waals surface area contributed by atoms with Gasteiger partial charge in [0.05, 0.1) is 4.99 Å². The molecule has 0 fully saturated rings. The number of aromatic nitrogens is 2. The molecule has 0 bridgehead atoms. The number of thiocarbonyl (C=S) groups is 1. The van der Waals surface area contributed by atoms with Gasteiger partial charge >= 0.3 is 0 Å². The Morgan fingerprint density at radius 1 is 1.69 bits per heavy atom. The molecule has 6 heteroatoms. The molecule has 1 aromatic rings. The topological polar surface area (TPSA) is 64.2 Å². The van der Waals surface area contributed by atoms with E-state index in [1.165, 1.54) is 0 Å². The summed E-state index contributed by atoms with van der Waals surface area (Å²) in [4.78, 5) is 18.2. The second kappa shape index (κ2) is 5.60. The summed E-state index contributed by atoms with van der Waals surface area (Å²) in [6, 6.07) is 0. The molecule has 0 amide bonds.